The number of carbonyl (C=O) groups excluding carboxylic acids is 1. The van der Waals surface area contributed by atoms with Crippen molar-refractivity contribution in [2.45, 2.75) is 0 Å². The van der Waals surface area contributed by atoms with Gasteiger partial charge < -0.3 is 4.74 Å². The zero-order chi connectivity index (χ0) is 14.9. The first-order valence-electron chi connectivity index (χ1n) is 5.47. The minimum absolute atomic E-state index is 0.0463. The molecule has 0 unspecified atom stereocenters. The predicted molar refractivity (Wildman–Crippen MR) is 82.9 cm³/mol. The fourth-order valence-corrected chi connectivity index (χ4v) is 2.75. The van der Waals surface area contributed by atoms with Crippen LogP contribution in [0.4, 0.5) is 0 Å². The van der Waals surface area contributed by atoms with Gasteiger partial charge in [-0.2, -0.15) is 0 Å². The number of hydrogen-bond acceptors (Lipinski definition) is 2. The average Bonchev–Trinajstić information content (AvgIpc) is 2.45. The van der Waals surface area contributed by atoms with Crippen molar-refractivity contribution in [2.75, 3.05) is 7.11 Å². The molecule has 0 spiro atoms. The summed E-state index contributed by atoms with van der Waals surface area (Å²) >= 11 is 23.9. The van der Waals surface area contributed by atoms with Crippen molar-refractivity contribution in [3.05, 3.63) is 61.5 Å². The molecule has 2 nitrogen and oxygen atoms in total. The SMILES string of the molecule is COc1ccc(C(=O)c2c(Cl)cc(Cl)c(Cl)c2Cl)cc1. The quantitative estimate of drug-likeness (QED) is 0.413. The molecule has 104 valence electrons. The number of methoxy groups -OCH3 is 1. The fourth-order valence-electron chi connectivity index (χ4n) is 1.66. The second-order valence-corrected chi connectivity index (χ2v) is 5.47. The fraction of sp³-hybridized carbons (Fsp3) is 0.0714. The van der Waals surface area contributed by atoms with Crippen LogP contribution in [0.25, 0.3) is 0 Å². The first kappa shape index (κ1) is 15.5. The van der Waals surface area contributed by atoms with E-state index in [2.05, 4.69) is 0 Å². The maximum atomic E-state index is 12.4. The van der Waals surface area contributed by atoms with Crippen LogP contribution >= 0.6 is 46.4 Å². The van der Waals surface area contributed by atoms with E-state index in [0.717, 1.165) is 0 Å². The number of benzene rings is 2. The maximum Gasteiger partial charge on any atom is 0.196 e. The van der Waals surface area contributed by atoms with Gasteiger partial charge in [0.2, 0.25) is 0 Å². The van der Waals surface area contributed by atoms with Crippen molar-refractivity contribution in [3.8, 4) is 5.75 Å². The Hall–Kier alpha value is -0.930. The second-order valence-electron chi connectivity index (χ2n) is 3.90. The Bertz CT molecular complexity index is 666. The van der Waals surface area contributed by atoms with Crippen molar-refractivity contribution in [3.63, 3.8) is 0 Å². The minimum atomic E-state index is -0.332. The molecule has 0 atom stereocenters. The van der Waals surface area contributed by atoms with Crippen molar-refractivity contribution < 1.29 is 9.53 Å². The van der Waals surface area contributed by atoms with Crippen LogP contribution in [0.15, 0.2) is 30.3 Å². The topological polar surface area (TPSA) is 26.3 Å². The number of hydrogen-bond donors (Lipinski definition) is 0. The van der Waals surface area contributed by atoms with Gasteiger partial charge in [-0.1, -0.05) is 46.4 Å². The van der Waals surface area contributed by atoms with E-state index in [1.807, 2.05) is 0 Å². The Kier molecular flexibility index (Phi) is 4.82. The van der Waals surface area contributed by atoms with Crippen molar-refractivity contribution in [1.82, 2.24) is 0 Å². The molecule has 0 aliphatic carbocycles. The maximum absolute atomic E-state index is 12.4. The third kappa shape index (κ3) is 2.89. The lowest BCUT2D eigenvalue weighted by molar-refractivity contribution is 0.103. The van der Waals surface area contributed by atoms with Gasteiger partial charge in [-0.3, -0.25) is 4.79 Å². The van der Waals surface area contributed by atoms with Crippen LogP contribution in [-0.4, -0.2) is 12.9 Å². The second kappa shape index (κ2) is 6.23. The average molecular weight is 350 g/mol. The predicted octanol–water partition coefficient (Wildman–Crippen LogP) is 5.54. The smallest absolute Gasteiger partial charge is 0.196 e. The van der Waals surface area contributed by atoms with E-state index in [1.165, 1.54) is 6.07 Å². The van der Waals surface area contributed by atoms with Crippen LogP contribution in [0, 0.1) is 0 Å². The number of carbonyl (C=O) groups is 1. The Labute approximate surface area is 136 Å². The van der Waals surface area contributed by atoms with E-state index in [4.69, 9.17) is 51.1 Å². The van der Waals surface area contributed by atoms with E-state index in [0.29, 0.717) is 11.3 Å². The van der Waals surface area contributed by atoms with Crippen molar-refractivity contribution >= 4 is 52.2 Å². The summed E-state index contributed by atoms with van der Waals surface area (Å²) in [6, 6.07) is 7.99. The molecule has 6 heteroatoms. The van der Waals surface area contributed by atoms with Crippen molar-refractivity contribution in [2.24, 2.45) is 0 Å². The Balaban J connectivity index is 2.50. The highest BCUT2D eigenvalue weighted by Gasteiger charge is 2.21. The highest BCUT2D eigenvalue weighted by Crippen LogP contribution is 2.38. The molecule has 2 aromatic rings. The van der Waals surface area contributed by atoms with Crippen molar-refractivity contribution in [1.29, 1.82) is 0 Å². The Morgan fingerprint density at radius 1 is 0.950 bits per heavy atom. The largest absolute Gasteiger partial charge is 0.497 e. The van der Waals surface area contributed by atoms with Crippen LogP contribution < -0.4 is 4.74 Å². The Morgan fingerprint density at radius 2 is 1.55 bits per heavy atom. The van der Waals surface area contributed by atoms with Gasteiger partial charge in [0, 0.05) is 5.56 Å². The van der Waals surface area contributed by atoms with Gasteiger partial charge in [-0.15, -0.1) is 0 Å². The molecule has 0 fully saturated rings. The van der Waals surface area contributed by atoms with E-state index in [-0.39, 0.29) is 31.4 Å². The highest BCUT2D eigenvalue weighted by molar-refractivity contribution is 6.51. The van der Waals surface area contributed by atoms with Gasteiger partial charge in [0.1, 0.15) is 5.75 Å². The summed E-state index contributed by atoms with van der Waals surface area (Å²) in [4.78, 5) is 12.4. The lowest BCUT2D eigenvalue weighted by Crippen LogP contribution is -2.04. The zero-order valence-electron chi connectivity index (χ0n) is 10.2. The number of halogens is 4. The molecule has 2 aromatic carbocycles. The van der Waals surface area contributed by atoms with E-state index < -0.39 is 0 Å². The molecule has 0 N–H and O–H groups in total. The molecule has 0 bridgehead atoms. The molecule has 0 aliphatic rings. The van der Waals surface area contributed by atoms with Crippen LogP contribution in [0.5, 0.6) is 5.75 Å². The van der Waals surface area contributed by atoms with Crippen LogP contribution in [-0.2, 0) is 0 Å². The summed E-state index contributed by atoms with van der Waals surface area (Å²) < 4.78 is 5.03. The molecule has 0 heterocycles. The molecule has 0 radical (unpaired) electrons. The number of ketones is 1. The molecule has 0 aromatic heterocycles. The minimum Gasteiger partial charge on any atom is -0.497 e. The lowest BCUT2D eigenvalue weighted by Gasteiger charge is -2.09. The first-order chi connectivity index (χ1) is 9.45. The van der Waals surface area contributed by atoms with Crippen LogP contribution in [0.2, 0.25) is 20.1 Å². The van der Waals surface area contributed by atoms with Gasteiger partial charge in [0.25, 0.3) is 0 Å². The zero-order valence-corrected chi connectivity index (χ0v) is 13.2. The monoisotopic (exact) mass is 348 g/mol. The third-order valence-electron chi connectivity index (χ3n) is 2.69. The molecule has 2 rings (SSSR count). The summed E-state index contributed by atoms with van der Waals surface area (Å²) in [5, 5.41) is 0.512. The third-order valence-corrected chi connectivity index (χ3v) is 4.25. The highest BCUT2D eigenvalue weighted by atomic mass is 35.5. The summed E-state index contributed by atoms with van der Waals surface area (Å²) in [6.07, 6.45) is 0. The molecular weight excluding hydrogens is 342 g/mol. The van der Waals surface area contributed by atoms with Gasteiger partial charge in [0.15, 0.2) is 5.78 Å². The molecule has 0 aliphatic heterocycles. The van der Waals surface area contributed by atoms with Gasteiger partial charge >= 0.3 is 0 Å². The molecule has 0 saturated carbocycles. The normalized spacial score (nSPS) is 10.4. The van der Waals surface area contributed by atoms with Crippen LogP contribution in [0.3, 0.4) is 0 Å². The first-order valence-corrected chi connectivity index (χ1v) is 6.98. The molecule has 0 saturated heterocycles. The van der Waals surface area contributed by atoms with E-state index in [1.54, 1.807) is 31.4 Å². The van der Waals surface area contributed by atoms with Gasteiger partial charge in [-0.25, -0.2) is 0 Å². The Morgan fingerprint density at radius 3 is 2.10 bits per heavy atom. The van der Waals surface area contributed by atoms with E-state index >= 15 is 0 Å². The van der Waals surface area contributed by atoms with Crippen LogP contribution in [0.1, 0.15) is 15.9 Å². The summed E-state index contributed by atoms with van der Waals surface area (Å²) in [7, 11) is 1.55. The number of rotatable bonds is 3. The lowest BCUT2D eigenvalue weighted by atomic mass is 10.0. The summed E-state index contributed by atoms with van der Waals surface area (Å²) in [6.45, 7) is 0. The van der Waals surface area contributed by atoms with Gasteiger partial charge in [-0.05, 0) is 30.3 Å². The van der Waals surface area contributed by atoms with E-state index in [9.17, 15) is 4.79 Å². The molecule has 20 heavy (non-hydrogen) atoms. The standard InChI is InChI=1S/C14H8Cl4O2/c1-20-8-4-2-7(3-5-8)14(19)11-9(15)6-10(16)12(17)13(11)18/h2-6H,1H3. The summed E-state index contributed by atoms with van der Waals surface area (Å²) in [5.41, 5.74) is 0.556. The molecular formula is C14H8Cl4O2. The molecule has 0 amide bonds. The van der Waals surface area contributed by atoms with Gasteiger partial charge in [0.05, 0.1) is 32.8 Å². The number of ether oxygens (including phenoxy) is 1. The summed E-state index contributed by atoms with van der Waals surface area (Å²) in [5.74, 6) is 0.314.